The zero-order valence-electron chi connectivity index (χ0n) is 15.3. The van der Waals surface area contributed by atoms with Crippen LogP contribution in [0.25, 0.3) is 0 Å². The van der Waals surface area contributed by atoms with Gasteiger partial charge in [-0.25, -0.2) is 8.78 Å². The molecule has 2 amide bonds. The minimum Gasteiger partial charge on any atom is -0.493 e. The predicted octanol–water partition coefficient (Wildman–Crippen LogP) is 3.07. The highest BCUT2D eigenvalue weighted by Gasteiger charge is 2.13. The normalized spacial score (nSPS) is 10.3. The number of nitrogens with one attached hydrogen (secondary N) is 2. The van der Waals surface area contributed by atoms with Crippen molar-refractivity contribution in [2.24, 2.45) is 0 Å². The molecule has 0 bridgehead atoms. The lowest BCUT2D eigenvalue weighted by molar-refractivity contribution is -0.120. The Bertz CT molecular complexity index is 857. The Balaban J connectivity index is 1.92. The van der Waals surface area contributed by atoms with Gasteiger partial charge in [-0.2, -0.15) is 0 Å². The second-order valence-corrected chi connectivity index (χ2v) is 6.07. The molecule has 0 atom stereocenters. The van der Waals surface area contributed by atoms with Crippen molar-refractivity contribution in [3.8, 4) is 11.5 Å². The number of carbonyl (C=O) groups is 2. The third kappa shape index (κ3) is 5.82. The molecule has 2 N–H and O–H groups in total. The van der Waals surface area contributed by atoms with Gasteiger partial charge < -0.3 is 20.1 Å². The molecular weight excluding hydrogens is 394 g/mol. The van der Waals surface area contributed by atoms with Crippen LogP contribution in [0.1, 0.15) is 22.8 Å². The van der Waals surface area contributed by atoms with Crippen molar-refractivity contribution in [2.45, 2.75) is 13.5 Å². The standard InChI is InChI=1S/C19H19ClF2N2O4/c1-3-28-18-15(20)4-11(5-16(18)27-2)9-23-17(25)10-24-19(26)12-6-13(21)8-14(22)7-12/h4-8H,3,9-10H2,1-2H3,(H,23,25)(H,24,26). The summed E-state index contributed by atoms with van der Waals surface area (Å²) >= 11 is 6.17. The number of carbonyl (C=O) groups excluding carboxylic acids is 2. The van der Waals surface area contributed by atoms with Crippen LogP contribution in [0.4, 0.5) is 8.78 Å². The topological polar surface area (TPSA) is 76.7 Å². The second-order valence-electron chi connectivity index (χ2n) is 5.66. The molecule has 2 aromatic carbocycles. The van der Waals surface area contributed by atoms with Crippen LogP contribution in [-0.2, 0) is 11.3 Å². The summed E-state index contributed by atoms with van der Waals surface area (Å²) in [6.07, 6.45) is 0. The molecule has 2 aromatic rings. The van der Waals surface area contributed by atoms with Crippen LogP contribution in [0.15, 0.2) is 30.3 Å². The first-order chi connectivity index (χ1) is 13.3. The van der Waals surface area contributed by atoms with E-state index in [1.54, 1.807) is 12.1 Å². The van der Waals surface area contributed by atoms with Gasteiger partial charge in [-0.1, -0.05) is 11.6 Å². The van der Waals surface area contributed by atoms with Crippen molar-refractivity contribution < 1.29 is 27.8 Å². The van der Waals surface area contributed by atoms with Crippen molar-refractivity contribution in [2.75, 3.05) is 20.3 Å². The Morgan fingerprint density at radius 3 is 2.36 bits per heavy atom. The van der Waals surface area contributed by atoms with Gasteiger partial charge in [-0.05, 0) is 36.8 Å². The number of halogens is 3. The van der Waals surface area contributed by atoms with Gasteiger partial charge in [0.2, 0.25) is 5.91 Å². The van der Waals surface area contributed by atoms with Gasteiger partial charge in [-0.3, -0.25) is 9.59 Å². The van der Waals surface area contributed by atoms with Crippen molar-refractivity contribution in [3.63, 3.8) is 0 Å². The van der Waals surface area contributed by atoms with E-state index in [4.69, 9.17) is 21.1 Å². The van der Waals surface area contributed by atoms with Crippen LogP contribution in [0, 0.1) is 11.6 Å². The van der Waals surface area contributed by atoms with Gasteiger partial charge in [-0.15, -0.1) is 0 Å². The van der Waals surface area contributed by atoms with Crippen LogP contribution in [0.2, 0.25) is 5.02 Å². The van der Waals surface area contributed by atoms with E-state index in [1.807, 2.05) is 6.92 Å². The zero-order valence-corrected chi connectivity index (χ0v) is 16.0. The van der Waals surface area contributed by atoms with E-state index in [2.05, 4.69) is 10.6 Å². The second kappa shape index (κ2) is 9.89. The first kappa shape index (κ1) is 21.4. The molecule has 0 saturated heterocycles. The van der Waals surface area contributed by atoms with Gasteiger partial charge in [0, 0.05) is 18.2 Å². The van der Waals surface area contributed by atoms with Gasteiger partial charge in [0.25, 0.3) is 5.91 Å². The minimum absolute atomic E-state index is 0.131. The molecule has 0 saturated carbocycles. The van der Waals surface area contributed by atoms with E-state index in [0.717, 1.165) is 12.1 Å². The largest absolute Gasteiger partial charge is 0.493 e. The molecule has 0 radical (unpaired) electrons. The predicted molar refractivity (Wildman–Crippen MR) is 99.7 cm³/mol. The van der Waals surface area contributed by atoms with Crippen molar-refractivity contribution in [3.05, 3.63) is 58.1 Å². The van der Waals surface area contributed by atoms with E-state index in [1.165, 1.54) is 7.11 Å². The Morgan fingerprint density at radius 1 is 1.07 bits per heavy atom. The molecule has 9 heteroatoms. The Hall–Kier alpha value is -2.87. The summed E-state index contributed by atoms with van der Waals surface area (Å²) in [5, 5.41) is 5.24. The fraction of sp³-hybridized carbons (Fsp3) is 0.263. The first-order valence-electron chi connectivity index (χ1n) is 8.34. The van der Waals surface area contributed by atoms with Gasteiger partial charge in [0.05, 0.1) is 25.3 Å². The molecule has 2 rings (SSSR count). The zero-order chi connectivity index (χ0) is 20.7. The number of ether oxygens (including phenoxy) is 2. The fourth-order valence-electron chi connectivity index (χ4n) is 2.37. The molecule has 0 aliphatic carbocycles. The first-order valence-corrected chi connectivity index (χ1v) is 8.72. The molecule has 0 fully saturated rings. The average Bonchev–Trinajstić information content (AvgIpc) is 2.65. The summed E-state index contributed by atoms with van der Waals surface area (Å²) in [6.45, 7) is 2.00. The fourth-order valence-corrected chi connectivity index (χ4v) is 2.66. The van der Waals surface area contributed by atoms with Crippen molar-refractivity contribution in [1.29, 1.82) is 0 Å². The maximum atomic E-state index is 13.1. The van der Waals surface area contributed by atoms with Crippen LogP contribution in [0.5, 0.6) is 11.5 Å². The summed E-state index contributed by atoms with van der Waals surface area (Å²) in [7, 11) is 1.47. The number of hydrogen-bond acceptors (Lipinski definition) is 4. The molecule has 6 nitrogen and oxygen atoms in total. The summed E-state index contributed by atoms with van der Waals surface area (Å²) < 4.78 is 36.9. The summed E-state index contributed by atoms with van der Waals surface area (Å²) in [4.78, 5) is 23.8. The number of rotatable bonds is 8. The molecule has 0 aromatic heterocycles. The minimum atomic E-state index is -0.879. The highest BCUT2D eigenvalue weighted by atomic mass is 35.5. The quantitative estimate of drug-likeness (QED) is 0.698. The lowest BCUT2D eigenvalue weighted by Crippen LogP contribution is -2.36. The number of amides is 2. The van der Waals surface area contributed by atoms with E-state index in [9.17, 15) is 18.4 Å². The van der Waals surface area contributed by atoms with Crippen LogP contribution in [-0.4, -0.2) is 32.1 Å². The average molecular weight is 413 g/mol. The summed E-state index contributed by atoms with van der Waals surface area (Å²) in [5.74, 6) is -2.17. The van der Waals surface area contributed by atoms with Gasteiger partial charge in [0.1, 0.15) is 11.6 Å². The molecular formula is C19H19ClF2N2O4. The maximum Gasteiger partial charge on any atom is 0.251 e. The third-order valence-corrected chi connectivity index (χ3v) is 3.88. The van der Waals surface area contributed by atoms with E-state index in [0.29, 0.717) is 34.8 Å². The number of hydrogen-bond donors (Lipinski definition) is 2. The highest BCUT2D eigenvalue weighted by Crippen LogP contribution is 2.36. The molecule has 0 spiro atoms. The Morgan fingerprint density at radius 2 is 1.75 bits per heavy atom. The van der Waals surface area contributed by atoms with E-state index < -0.39 is 23.4 Å². The summed E-state index contributed by atoms with van der Waals surface area (Å²) in [5.41, 5.74) is 0.450. The lowest BCUT2D eigenvalue weighted by Gasteiger charge is -2.13. The molecule has 150 valence electrons. The molecule has 28 heavy (non-hydrogen) atoms. The SMILES string of the molecule is CCOc1c(Cl)cc(CNC(=O)CNC(=O)c2cc(F)cc(F)c2)cc1OC. The molecule has 0 aliphatic heterocycles. The third-order valence-electron chi connectivity index (χ3n) is 3.60. The Labute approximate surface area is 165 Å². The number of methoxy groups -OCH3 is 1. The van der Waals surface area contributed by atoms with Gasteiger partial charge in [0.15, 0.2) is 11.5 Å². The summed E-state index contributed by atoms with van der Waals surface area (Å²) in [6, 6.07) is 5.71. The van der Waals surface area contributed by atoms with Crippen molar-refractivity contribution >= 4 is 23.4 Å². The van der Waals surface area contributed by atoms with Crippen molar-refractivity contribution in [1.82, 2.24) is 10.6 Å². The highest BCUT2D eigenvalue weighted by molar-refractivity contribution is 6.32. The molecule has 0 aliphatic rings. The van der Waals surface area contributed by atoms with E-state index in [-0.39, 0.29) is 18.7 Å². The van der Waals surface area contributed by atoms with E-state index >= 15 is 0 Å². The van der Waals surface area contributed by atoms with Crippen LogP contribution in [0.3, 0.4) is 0 Å². The monoisotopic (exact) mass is 412 g/mol. The smallest absolute Gasteiger partial charge is 0.251 e. The maximum absolute atomic E-state index is 13.1. The molecule has 0 heterocycles. The van der Waals surface area contributed by atoms with Gasteiger partial charge >= 0.3 is 0 Å². The Kier molecular flexibility index (Phi) is 7.57. The number of benzene rings is 2. The molecule has 0 unspecified atom stereocenters. The van der Waals surface area contributed by atoms with Crippen LogP contribution < -0.4 is 20.1 Å². The van der Waals surface area contributed by atoms with Crippen LogP contribution >= 0.6 is 11.6 Å². The lowest BCUT2D eigenvalue weighted by atomic mass is 10.2.